The predicted octanol–water partition coefficient (Wildman–Crippen LogP) is 0.284. The number of aromatic amines is 1. The molecule has 3 aromatic heterocycles. The molecule has 1 N–H and O–H groups in total. The molecule has 0 radical (unpaired) electrons. The van der Waals surface area contributed by atoms with Crippen LogP contribution in [0.4, 0.5) is 10.7 Å². The van der Waals surface area contributed by atoms with E-state index in [2.05, 4.69) is 19.9 Å². The number of anilines is 1. The van der Waals surface area contributed by atoms with E-state index < -0.39 is 11.2 Å². The summed E-state index contributed by atoms with van der Waals surface area (Å²) in [4.78, 5) is 55.9. The number of H-pyrrole nitrogens is 1. The van der Waals surface area contributed by atoms with E-state index in [9.17, 15) is 14.4 Å². The van der Waals surface area contributed by atoms with Crippen LogP contribution in [0, 0.1) is 0 Å². The van der Waals surface area contributed by atoms with Crippen LogP contribution in [0.1, 0.15) is 6.92 Å². The maximum absolute atomic E-state index is 12.7. The van der Waals surface area contributed by atoms with Crippen molar-refractivity contribution in [1.29, 1.82) is 0 Å². The van der Waals surface area contributed by atoms with Crippen molar-refractivity contribution >= 4 is 35.0 Å². The molecule has 0 aromatic carbocycles. The van der Waals surface area contributed by atoms with E-state index in [1.165, 1.54) is 16.3 Å². The van der Waals surface area contributed by atoms with E-state index in [-0.39, 0.29) is 6.09 Å². The Bertz CT molecular complexity index is 1210. The molecule has 13 heteroatoms. The van der Waals surface area contributed by atoms with Gasteiger partial charge < -0.3 is 19.1 Å². The van der Waals surface area contributed by atoms with Crippen LogP contribution in [-0.4, -0.2) is 78.6 Å². The van der Waals surface area contributed by atoms with Crippen molar-refractivity contribution in [3.8, 4) is 0 Å². The topological polar surface area (TPSA) is 131 Å². The second kappa shape index (κ2) is 9.42. The van der Waals surface area contributed by atoms with Crippen molar-refractivity contribution in [2.75, 3.05) is 43.4 Å². The number of amides is 1. The van der Waals surface area contributed by atoms with Gasteiger partial charge in [-0.3, -0.25) is 14.3 Å². The maximum Gasteiger partial charge on any atom is 0.409 e. The summed E-state index contributed by atoms with van der Waals surface area (Å²) in [7, 11) is 1.58. The fourth-order valence-electron chi connectivity index (χ4n) is 3.57. The van der Waals surface area contributed by atoms with Crippen molar-refractivity contribution in [2.24, 2.45) is 7.05 Å². The van der Waals surface area contributed by atoms with Gasteiger partial charge >= 0.3 is 11.8 Å². The molecule has 0 saturated carbocycles. The normalized spacial score (nSPS) is 14.2. The van der Waals surface area contributed by atoms with Crippen molar-refractivity contribution < 1.29 is 9.53 Å². The first-order valence-corrected chi connectivity index (χ1v) is 11.2. The monoisotopic (exact) mass is 460 g/mol. The average molecular weight is 461 g/mol. The van der Waals surface area contributed by atoms with Gasteiger partial charge in [0.1, 0.15) is 0 Å². The number of nitrogens with zero attached hydrogens (tertiary/aromatic N) is 7. The Balaban J connectivity index is 1.62. The first kappa shape index (κ1) is 21.9. The second-order valence-corrected chi connectivity index (χ2v) is 8.17. The number of aromatic nitrogens is 6. The Hall–Kier alpha value is -3.35. The molecule has 4 heterocycles. The van der Waals surface area contributed by atoms with Gasteiger partial charge in [0.15, 0.2) is 16.3 Å². The largest absolute Gasteiger partial charge is 0.450 e. The zero-order valence-corrected chi connectivity index (χ0v) is 18.7. The van der Waals surface area contributed by atoms with Crippen LogP contribution in [0.15, 0.2) is 33.2 Å². The van der Waals surface area contributed by atoms with Gasteiger partial charge in [-0.25, -0.2) is 19.6 Å². The molecule has 4 rings (SSSR count). The predicted molar refractivity (Wildman–Crippen MR) is 119 cm³/mol. The summed E-state index contributed by atoms with van der Waals surface area (Å²) < 4.78 is 8.24. The standard InChI is InChI=1S/C19H24N8O4S/c1-3-31-19(30)26-9-7-25(8-10-26)17-22-14-13(15(28)23-18(29)24(14)2)27(17)11-12-32-16-20-5-4-6-21-16/h4-6H,3,7-12H2,1-2H3,(H,23,28,29). The van der Waals surface area contributed by atoms with Crippen LogP contribution in [-0.2, 0) is 18.3 Å². The molecule has 1 aliphatic rings. The number of rotatable bonds is 6. The number of carbonyl (C=O) groups excluding carboxylic acids is 1. The molecule has 0 atom stereocenters. The Morgan fingerprint density at radius 3 is 2.59 bits per heavy atom. The van der Waals surface area contributed by atoms with Crippen LogP contribution in [0.2, 0.25) is 0 Å². The molecule has 32 heavy (non-hydrogen) atoms. The lowest BCUT2D eigenvalue weighted by atomic mass is 10.3. The number of aryl methyl sites for hydroxylation is 2. The minimum Gasteiger partial charge on any atom is -0.450 e. The van der Waals surface area contributed by atoms with Crippen LogP contribution in [0.3, 0.4) is 0 Å². The minimum absolute atomic E-state index is 0.322. The molecule has 0 unspecified atom stereocenters. The highest BCUT2D eigenvalue weighted by Gasteiger charge is 2.27. The minimum atomic E-state index is -0.516. The third-order valence-corrected chi connectivity index (χ3v) is 6.02. The molecule has 170 valence electrons. The fraction of sp³-hybridized carbons (Fsp3) is 0.474. The summed E-state index contributed by atoms with van der Waals surface area (Å²) in [5, 5.41) is 0.642. The smallest absolute Gasteiger partial charge is 0.409 e. The number of carbonyl (C=O) groups is 1. The van der Waals surface area contributed by atoms with E-state index in [0.717, 1.165) is 0 Å². The highest BCUT2D eigenvalue weighted by Crippen LogP contribution is 2.22. The lowest BCUT2D eigenvalue weighted by molar-refractivity contribution is 0.105. The summed E-state index contributed by atoms with van der Waals surface area (Å²) in [6.07, 6.45) is 3.02. The first-order valence-electron chi connectivity index (χ1n) is 10.3. The molecule has 1 saturated heterocycles. The highest BCUT2D eigenvalue weighted by molar-refractivity contribution is 7.99. The van der Waals surface area contributed by atoms with E-state index in [1.54, 1.807) is 37.3 Å². The zero-order valence-electron chi connectivity index (χ0n) is 17.9. The Kier molecular flexibility index (Phi) is 6.44. The van der Waals surface area contributed by atoms with E-state index in [0.29, 0.717) is 67.4 Å². The van der Waals surface area contributed by atoms with Gasteiger partial charge in [0, 0.05) is 57.9 Å². The second-order valence-electron chi connectivity index (χ2n) is 7.11. The lowest BCUT2D eigenvalue weighted by Crippen LogP contribution is -2.49. The van der Waals surface area contributed by atoms with E-state index >= 15 is 0 Å². The van der Waals surface area contributed by atoms with Crippen LogP contribution in [0.5, 0.6) is 0 Å². The van der Waals surface area contributed by atoms with Crippen LogP contribution in [0.25, 0.3) is 11.2 Å². The quantitative estimate of drug-likeness (QED) is 0.407. The van der Waals surface area contributed by atoms with Crippen molar-refractivity contribution in [3.05, 3.63) is 39.3 Å². The molecule has 3 aromatic rings. The number of piperazine rings is 1. The van der Waals surface area contributed by atoms with Gasteiger partial charge in [0.2, 0.25) is 5.95 Å². The summed E-state index contributed by atoms with van der Waals surface area (Å²) in [6, 6.07) is 1.75. The summed E-state index contributed by atoms with van der Waals surface area (Å²) >= 11 is 1.47. The number of fused-ring (bicyclic) bond motifs is 1. The van der Waals surface area contributed by atoms with Crippen molar-refractivity contribution in [2.45, 2.75) is 18.6 Å². The van der Waals surface area contributed by atoms with Gasteiger partial charge in [-0.2, -0.15) is 4.98 Å². The molecule has 1 aliphatic heterocycles. The maximum atomic E-state index is 12.7. The highest BCUT2D eigenvalue weighted by atomic mass is 32.2. The fourth-order valence-corrected chi connectivity index (χ4v) is 4.30. The number of nitrogens with one attached hydrogen (secondary N) is 1. The number of hydrogen-bond donors (Lipinski definition) is 1. The first-order chi connectivity index (χ1) is 15.5. The number of ether oxygens (including phenoxy) is 1. The van der Waals surface area contributed by atoms with Gasteiger partial charge in [-0.05, 0) is 13.0 Å². The van der Waals surface area contributed by atoms with Crippen LogP contribution >= 0.6 is 11.8 Å². The van der Waals surface area contributed by atoms with Crippen molar-refractivity contribution in [1.82, 2.24) is 34.0 Å². The van der Waals surface area contributed by atoms with Gasteiger partial charge in [0.05, 0.1) is 6.61 Å². The SMILES string of the molecule is CCOC(=O)N1CCN(c2nc3c(c(=O)[nH]c(=O)n3C)n2CCSc2ncccn2)CC1. The summed E-state index contributed by atoms with van der Waals surface area (Å²) in [6.45, 7) is 4.58. The number of thioether (sulfide) groups is 1. The van der Waals surface area contributed by atoms with E-state index in [1.807, 2.05) is 9.47 Å². The third-order valence-electron chi connectivity index (χ3n) is 5.16. The number of imidazole rings is 1. The third kappa shape index (κ3) is 4.33. The Morgan fingerprint density at radius 1 is 1.19 bits per heavy atom. The van der Waals surface area contributed by atoms with E-state index in [4.69, 9.17) is 4.74 Å². The van der Waals surface area contributed by atoms with Gasteiger partial charge in [0.25, 0.3) is 5.56 Å². The van der Waals surface area contributed by atoms with Crippen molar-refractivity contribution in [3.63, 3.8) is 0 Å². The van der Waals surface area contributed by atoms with Crippen LogP contribution < -0.4 is 16.1 Å². The molecule has 1 fully saturated rings. The molecule has 0 bridgehead atoms. The average Bonchev–Trinajstić information content (AvgIpc) is 3.19. The molecule has 0 aliphatic carbocycles. The molecular formula is C19H24N8O4S. The molecule has 1 amide bonds. The Morgan fingerprint density at radius 2 is 1.91 bits per heavy atom. The number of hydrogen-bond acceptors (Lipinski definition) is 9. The van der Waals surface area contributed by atoms with Gasteiger partial charge in [-0.1, -0.05) is 11.8 Å². The van der Waals surface area contributed by atoms with Gasteiger partial charge in [-0.15, -0.1) is 0 Å². The Labute approximate surface area is 187 Å². The molecular weight excluding hydrogens is 436 g/mol. The summed E-state index contributed by atoms with van der Waals surface area (Å²) in [5.74, 6) is 1.19. The lowest BCUT2D eigenvalue weighted by Gasteiger charge is -2.34. The molecule has 0 spiro atoms. The summed E-state index contributed by atoms with van der Waals surface area (Å²) in [5.41, 5.74) is -0.335. The molecule has 12 nitrogen and oxygen atoms in total. The zero-order chi connectivity index (χ0) is 22.7.